The maximum Gasteiger partial charge on any atom is 0.0229 e. The zero-order valence-corrected chi connectivity index (χ0v) is 5.83. The van der Waals surface area contributed by atoms with E-state index in [1.807, 2.05) is 6.92 Å². The van der Waals surface area contributed by atoms with Crippen LogP contribution in [0.4, 0.5) is 0 Å². The van der Waals surface area contributed by atoms with Gasteiger partial charge >= 0.3 is 0 Å². The summed E-state index contributed by atoms with van der Waals surface area (Å²) in [7, 11) is 0. The Hall–Kier alpha value is -1.13. The van der Waals surface area contributed by atoms with E-state index < -0.39 is 0 Å². The highest BCUT2D eigenvalue weighted by atomic mass is 15.1. The van der Waals surface area contributed by atoms with Crippen molar-refractivity contribution in [3.8, 4) is 12.3 Å². The highest BCUT2D eigenvalue weighted by molar-refractivity contribution is 4.80. The third-order valence-corrected chi connectivity index (χ3v) is 0.409. The molecule has 0 aromatic heterocycles. The summed E-state index contributed by atoms with van der Waals surface area (Å²) in [5.41, 5.74) is 7.52. The lowest BCUT2D eigenvalue weighted by atomic mass is 10.5. The fourth-order valence-electron chi connectivity index (χ4n) is 0.0632. The number of azide groups is 1. The Morgan fingerprint density at radius 2 is 1.82 bits per heavy atom. The molecule has 0 radical (unpaired) electrons. The maximum atomic E-state index is 7.52. The maximum absolute atomic E-state index is 7.52. The molecule has 0 aliphatic carbocycles. The topological polar surface area (TPSA) is 48.8 Å². The molecule has 0 aliphatic heterocycles. The van der Waals surface area contributed by atoms with Crippen molar-refractivity contribution in [3.63, 3.8) is 0 Å². The van der Waals surface area contributed by atoms with Crippen molar-refractivity contribution >= 4 is 0 Å². The van der Waals surface area contributed by atoms with Crippen LogP contribution in [0.3, 0.4) is 0 Å². The average Bonchev–Trinajstić information content (AvgIpc) is 1.91. The van der Waals surface area contributed by atoms with Crippen molar-refractivity contribution in [2.75, 3.05) is 6.54 Å². The lowest BCUT2D eigenvalue weighted by molar-refractivity contribution is 1.11. The first-order valence-electron chi connectivity index (χ1n) is 2.77. The molecule has 0 N–H and O–H groups in total. The van der Waals surface area contributed by atoms with Crippen molar-refractivity contribution in [2.45, 2.75) is 35.1 Å². The molecule has 0 rings (SSSR count). The fraction of sp³-hybridized carbons (Fsp3) is 0.750. The summed E-state index contributed by atoms with van der Waals surface area (Å²) >= 11 is 0. The van der Waals surface area contributed by atoms with E-state index in [0.29, 0.717) is 6.54 Å². The molecule has 0 saturated carbocycles. The van der Waals surface area contributed by atoms with E-state index in [4.69, 9.17) is 12.0 Å². The molecule has 3 heteroatoms. The molecule has 0 aromatic carbocycles. The van der Waals surface area contributed by atoms with Gasteiger partial charge in [0.05, 0.1) is 0 Å². The number of nitrogens with zero attached hydrogens (tertiary/aromatic N) is 3. The lowest BCUT2D eigenvalue weighted by Gasteiger charge is -1.57. The van der Waals surface area contributed by atoms with E-state index in [-0.39, 0.29) is 14.9 Å². The van der Waals surface area contributed by atoms with E-state index in [1.165, 1.54) is 0 Å². The molecule has 0 atom stereocenters. The molecular weight excluding hydrogens is 138 g/mol. The first kappa shape index (κ1) is 22.5. The molecule has 0 aromatic rings. The molecule has 0 amide bonds. The van der Waals surface area contributed by atoms with Gasteiger partial charge in [0.1, 0.15) is 0 Å². The van der Waals surface area contributed by atoms with Gasteiger partial charge in [0.15, 0.2) is 0 Å². The predicted octanol–water partition coefficient (Wildman–Crippen LogP) is 3.62. The highest BCUT2D eigenvalue weighted by Crippen LogP contribution is 1.61. The number of rotatable bonds is 1. The Morgan fingerprint density at radius 3 is 1.82 bits per heavy atom. The van der Waals surface area contributed by atoms with Gasteiger partial charge in [-0.25, -0.2) is 0 Å². The van der Waals surface area contributed by atoms with E-state index in [9.17, 15) is 0 Å². The summed E-state index contributed by atoms with van der Waals surface area (Å²) in [6.45, 7) is 4.29. The second-order valence-electron chi connectivity index (χ2n) is 1.10. The Morgan fingerprint density at radius 1 is 1.45 bits per heavy atom. The molecule has 0 unspecified atom stereocenters. The Bertz CT molecular complexity index is 118. The van der Waals surface area contributed by atoms with Crippen LogP contribution in [0.1, 0.15) is 35.1 Å². The Labute approximate surface area is 70.4 Å². The van der Waals surface area contributed by atoms with Gasteiger partial charge in [0.2, 0.25) is 0 Å². The summed E-state index contributed by atoms with van der Waals surface area (Å²) in [5, 5.41) is 3.15. The van der Waals surface area contributed by atoms with Crippen molar-refractivity contribution < 1.29 is 0 Å². The fourth-order valence-corrected chi connectivity index (χ4v) is 0.0632. The van der Waals surface area contributed by atoms with Gasteiger partial charge in [-0.15, -0.1) is 12.3 Å². The van der Waals surface area contributed by atoms with Crippen LogP contribution in [0, 0.1) is 12.3 Å². The minimum atomic E-state index is 0. The Kier molecular flexibility index (Phi) is 75.2. The smallest absolute Gasteiger partial charge is 0.0229 e. The molecule has 0 aliphatic rings. The van der Waals surface area contributed by atoms with Gasteiger partial charge in [-0.05, 0) is 5.53 Å². The second-order valence-corrected chi connectivity index (χ2v) is 1.10. The monoisotopic (exact) mass is 157 g/mol. The highest BCUT2D eigenvalue weighted by Gasteiger charge is 1.51. The number of hydrogen-bond acceptors (Lipinski definition) is 1. The largest absolute Gasteiger partial charge is 0.120 e. The van der Waals surface area contributed by atoms with E-state index in [1.54, 1.807) is 6.92 Å². The van der Waals surface area contributed by atoms with Gasteiger partial charge in [-0.1, -0.05) is 33.8 Å². The van der Waals surface area contributed by atoms with Crippen LogP contribution in [0.25, 0.3) is 10.4 Å². The van der Waals surface area contributed by atoms with E-state index in [0.717, 1.165) is 6.42 Å². The van der Waals surface area contributed by atoms with Crippen LogP contribution in [-0.4, -0.2) is 6.54 Å². The minimum Gasteiger partial charge on any atom is -0.120 e. The van der Waals surface area contributed by atoms with Crippen molar-refractivity contribution in [1.82, 2.24) is 0 Å². The standard InChI is InChI=1S/C4H6.C2H5N3.2CH4/c1-3-4-2;1-2-4-5-3;;/h1H,4H2,2H3;2H2,1H3;2*1H4. The summed E-state index contributed by atoms with van der Waals surface area (Å²) in [6, 6.07) is 0. The number of hydrogen-bond donors (Lipinski definition) is 0. The molecule has 0 bridgehead atoms. The van der Waals surface area contributed by atoms with Gasteiger partial charge in [0, 0.05) is 17.9 Å². The van der Waals surface area contributed by atoms with Crippen LogP contribution in [0.2, 0.25) is 0 Å². The molecule has 11 heavy (non-hydrogen) atoms. The van der Waals surface area contributed by atoms with Gasteiger partial charge in [-0.3, -0.25) is 0 Å². The number of terminal acetylenes is 1. The summed E-state index contributed by atoms with van der Waals surface area (Å²) in [5.74, 6) is 2.43. The average molecular weight is 157 g/mol. The van der Waals surface area contributed by atoms with Crippen LogP contribution in [-0.2, 0) is 0 Å². The normalized spacial score (nSPS) is 4.45. The first-order valence-corrected chi connectivity index (χ1v) is 2.77. The molecule has 0 saturated heterocycles. The zero-order chi connectivity index (χ0) is 7.54. The third-order valence-electron chi connectivity index (χ3n) is 0.409. The van der Waals surface area contributed by atoms with Gasteiger partial charge in [-0.2, -0.15) is 0 Å². The minimum absolute atomic E-state index is 0. The molecule has 0 fully saturated rings. The molecule has 0 heterocycles. The van der Waals surface area contributed by atoms with E-state index >= 15 is 0 Å². The van der Waals surface area contributed by atoms with Gasteiger partial charge < -0.3 is 0 Å². The third kappa shape index (κ3) is 120. The molecule has 0 spiro atoms. The predicted molar refractivity (Wildman–Crippen MR) is 52.3 cm³/mol. The van der Waals surface area contributed by atoms with E-state index in [2.05, 4.69) is 15.9 Å². The first-order chi connectivity index (χ1) is 4.33. The van der Waals surface area contributed by atoms with Gasteiger partial charge in [0.25, 0.3) is 0 Å². The quantitative estimate of drug-likeness (QED) is 0.241. The Balaban J connectivity index is -0.0000000383. The second kappa shape index (κ2) is 36.7. The van der Waals surface area contributed by atoms with Crippen molar-refractivity contribution in [3.05, 3.63) is 10.4 Å². The summed E-state index contributed by atoms with van der Waals surface area (Å²) < 4.78 is 0. The summed E-state index contributed by atoms with van der Waals surface area (Å²) in [4.78, 5) is 2.48. The zero-order valence-electron chi connectivity index (χ0n) is 5.83. The van der Waals surface area contributed by atoms with Crippen molar-refractivity contribution in [2.24, 2.45) is 5.11 Å². The van der Waals surface area contributed by atoms with Crippen LogP contribution in [0.5, 0.6) is 0 Å². The lowest BCUT2D eigenvalue weighted by Crippen LogP contribution is -1.52. The molecular formula is C8H19N3. The van der Waals surface area contributed by atoms with Crippen LogP contribution >= 0.6 is 0 Å². The van der Waals surface area contributed by atoms with Crippen LogP contribution in [0.15, 0.2) is 5.11 Å². The van der Waals surface area contributed by atoms with Crippen LogP contribution < -0.4 is 0 Å². The summed E-state index contributed by atoms with van der Waals surface area (Å²) in [6.07, 6.45) is 5.62. The molecule has 66 valence electrons. The van der Waals surface area contributed by atoms with Crippen molar-refractivity contribution in [1.29, 1.82) is 0 Å². The molecule has 3 nitrogen and oxygen atoms in total. The SMILES string of the molecule is C.C.C#CCC.CCN=[N+]=[N-].